The summed E-state index contributed by atoms with van der Waals surface area (Å²) in [5.74, 6) is -0.476. The first-order chi connectivity index (χ1) is 16.0. The normalized spacial score (nSPS) is 10.8. The molecule has 4 rings (SSSR count). The number of aromatic nitrogens is 3. The summed E-state index contributed by atoms with van der Waals surface area (Å²) >= 11 is 6.02. The standard InChI is InChI=1S/C25H23ClFN5O/c26-20-3-1-2-17(14-20)12-13-32-16-22(30-31-32)9-11-25(33)29-24-15-19(6-10-23(24)28)18-4-7-21(27)8-5-18/h1-8,10,14-16H,9,11-13,28H2,(H,29,33). The molecule has 3 N–H and O–H groups in total. The molecule has 6 nitrogen and oxygen atoms in total. The highest BCUT2D eigenvalue weighted by Gasteiger charge is 2.10. The maximum Gasteiger partial charge on any atom is 0.224 e. The number of hydrogen-bond acceptors (Lipinski definition) is 4. The second-order valence-electron chi connectivity index (χ2n) is 7.71. The SMILES string of the molecule is Nc1ccc(-c2ccc(F)cc2)cc1NC(=O)CCc1cn(CCc2cccc(Cl)c2)nn1. The average molecular weight is 464 g/mol. The Morgan fingerprint density at radius 3 is 2.61 bits per heavy atom. The summed E-state index contributed by atoms with van der Waals surface area (Å²) in [5.41, 5.74) is 10.5. The number of nitrogens with two attached hydrogens (primary N) is 1. The molecule has 1 amide bonds. The number of nitrogen functional groups attached to an aromatic ring is 1. The van der Waals surface area contributed by atoms with Gasteiger partial charge in [-0.1, -0.05) is 47.1 Å². The minimum atomic E-state index is -0.302. The van der Waals surface area contributed by atoms with Gasteiger partial charge in [-0.3, -0.25) is 9.48 Å². The lowest BCUT2D eigenvalue weighted by atomic mass is 10.0. The molecule has 0 saturated heterocycles. The minimum absolute atomic E-state index is 0.175. The van der Waals surface area contributed by atoms with E-state index in [0.29, 0.717) is 29.4 Å². The van der Waals surface area contributed by atoms with Crippen LogP contribution < -0.4 is 11.1 Å². The van der Waals surface area contributed by atoms with Crippen molar-refractivity contribution in [2.24, 2.45) is 0 Å². The van der Waals surface area contributed by atoms with Crippen LogP contribution in [-0.4, -0.2) is 20.9 Å². The number of amides is 1. The molecule has 1 heterocycles. The molecule has 0 radical (unpaired) electrons. The lowest BCUT2D eigenvalue weighted by Crippen LogP contribution is -2.13. The molecule has 33 heavy (non-hydrogen) atoms. The molecular weight excluding hydrogens is 441 g/mol. The fourth-order valence-corrected chi connectivity index (χ4v) is 3.65. The monoisotopic (exact) mass is 463 g/mol. The van der Waals surface area contributed by atoms with E-state index in [1.807, 2.05) is 36.5 Å². The van der Waals surface area contributed by atoms with Crippen LogP contribution in [0.3, 0.4) is 0 Å². The van der Waals surface area contributed by atoms with Crippen molar-refractivity contribution < 1.29 is 9.18 Å². The summed E-state index contributed by atoms with van der Waals surface area (Å²) in [5, 5.41) is 11.9. The fourth-order valence-electron chi connectivity index (χ4n) is 3.44. The lowest BCUT2D eigenvalue weighted by Gasteiger charge is -2.10. The number of halogens is 2. The summed E-state index contributed by atoms with van der Waals surface area (Å²) in [4.78, 5) is 12.5. The van der Waals surface area contributed by atoms with E-state index in [1.54, 1.807) is 28.9 Å². The van der Waals surface area contributed by atoms with E-state index in [2.05, 4.69) is 15.6 Å². The van der Waals surface area contributed by atoms with Crippen LogP contribution in [-0.2, 0) is 24.2 Å². The summed E-state index contributed by atoms with van der Waals surface area (Å²) in [6.07, 6.45) is 3.34. The zero-order chi connectivity index (χ0) is 23.2. The summed E-state index contributed by atoms with van der Waals surface area (Å²) in [6, 6.07) is 19.2. The molecule has 0 atom stereocenters. The lowest BCUT2D eigenvalue weighted by molar-refractivity contribution is -0.116. The van der Waals surface area contributed by atoms with Crippen LogP contribution in [0.5, 0.6) is 0 Å². The molecule has 0 aliphatic heterocycles. The number of benzene rings is 3. The van der Waals surface area contributed by atoms with Gasteiger partial charge in [-0.25, -0.2) is 4.39 Å². The zero-order valence-electron chi connectivity index (χ0n) is 17.8. The van der Waals surface area contributed by atoms with Crippen molar-refractivity contribution in [3.8, 4) is 11.1 Å². The zero-order valence-corrected chi connectivity index (χ0v) is 18.6. The van der Waals surface area contributed by atoms with Gasteiger partial charge in [-0.05, 0) is 59.5 Å². The number of anilines is 2. The van der Waals surface area contributed by atoms with Crippen molar-refractivity contribution in [1.29, 1.82) is 0 Å². The fraction of sp³-hybridized carbons (Fsp3) is 0.160. The molecule has 3 aromatic carbocycles. The molecule has 8 heteroatoms. The summed E-state index contributed by atoms with van der Waals surface area (Å²) in [7, 11) is 0. The highest BCUT2D eigenvalue weighted by Crippen LogP contribution is 2.27. The Balaban J connectivity index is 1.31. The van der Waals surface area contributed by atoms with Gasteiger partial charge in [0, 0.05) is 30.6 Å². The van der Waals surface area contributed by atoms with E-state index in [0.717, 1.165) is 28.8 Å². The highest BCUT2D eigenvalue weighted by molar-refractivity contribution is 6.30. The number of hydrogen-bond donors (Lipinski definition) is 2. The molecule has 0 aliphatic rings. The highest BCUT2D eigenvalue weighted by atomic mass is 35.5. The van der Waals surface area contributed by atoms with Gasteiger partial charge >= 0.3 is 0 Å². The van der Waals surface area contributed by atoms with Crippen LogP contribution in [0, 0.1) is 5.82 Å². The molecule has 0 aliphatic carbocycles. The van der Waals surface area contributed by atoms with Crippen LogP contribution in [0.15, 0.2) is 72.9 Å². The number of carbonyl (C=O) groups excluding carboxylic acids is 1. The number of carbonyl (C=O) groups is 1. The maximum absolute atomic E-state index is 13.2. The van der Waals surface area contributed by atoms with E-state index in [1.165, 1.54) is 12.1 Å². The van der Waals surface area contributed by atoms with Crippen molar-refractivity contribution in [1.82, 2.24) is 15.0 Å². The molecule has 0 spiro atoms. The number of rotatable bonds is 8. The molecule has 0 saturated carbocycles. The number of aryl methyl sites for hydroxylation is 3. The Labute approximate surface area is 196 Å². The van der Waals surface area contributed by atoms with Crippen LogP contribution in [0.2, 0.25) is 5.02 Å². The molecular formula is C25H23ClFN5O. The predicted octanol–water partition coefficient (Wildman–Crippen LogP) is 5.13. The molecule has 168 valence electrons. The summed E-state index contributed by atoms with van der Waals surface area (Å²) in [6.45, 7) is 0.673. The van der Waals surface area contributed by atoms with Gasteiger partial charge < -0.3 is 11.1 Å². The first kappa shape index (κ1) is 22.5. The van der Waals surface area contributed by atoms with E-state index in [9.17, 15) is 9.18 Å². The third kappa shape index (κ3) is 6.17. The smallest absolute Gasteiger partial charge is 0.224 e. The van der Waals surface area contributed by atoms with Gasteiger partial charge in [0.25, 0.3) is 0 Å². The minimum Gasteiger partial charge on any atom is -0.397 e. The van der Waals surface area contributed by atoms with Gasteiger partial charge in [0.2, 0.25) is 5.91 Å². The molecule has 0 fully saturated rings. The first-order valence-corrected chi connectivity index (χ1v) is 10.9. The van der Waals surface area contributed by atoms with Gasteiger partial charge in [0.1, 0.15) is 5.82 Å². The molecule has 0 bridgehead atoms. The van der Waals surface area contributed by atoms with E-state index in [4.69, 9.17) is 17.3 Å². The topological polar surface area (TPSA) is 85.8 Å². The largest absolute Gasteiger partial charge is 0.397 e. The Bertz CT molecular complexity index is 1260. The molecule has 1 aromatic heterocycles. The van der Waals surface area contributed by atoms with Crippen molar-refractivity contribution >= 4 is 28.9 Å². The van der Waals surface area contributed by atoms with Gasteiger partial charge in [-0.15, -0.1) is 5.10 Å². The van der Waals surface area contributed by atoms with Gasteiger partial charge in [-0.2, -0.15) is 0 Å². The number of nitrogens with one attached hydrogen (secondary N) is 1. The van der Waals surface area contributed by atoms with Crippen molar-refractivity contribution in [2.75, 3.05) is 11.1 Å². The maximum atomic E-state index is 13.2. The van der Waals surface area contributed by atoms with Crippen molar-refractivity contribution in [2.45, 2.75) is 25.8 Å². The third-order valence-corrected chi connectivity index (χ3v) is 5.45. The van der Waals surface area contributed by atoms with Crippen molar-refractivity contribution in [3.05, 3.63) is 95.0 Å². The Morgan fingerprint density at radius 2 is 1.82 bits per heavy atom. The van der Waals surface area contributed by atoms with Crippen LogP contribution in [0.4, 0.5) is 15.8 Å². The Hall–Kier alpha value is -3.71. The van der Waals surface area contributed by atoms with Crippen molar-refractivity contribution in [3.63, 3.8) is 0 Å². The van der Waals surface area contributed by atoms with E-state index >= 15 is 0 Å². The quantitative estimate of drug-likeness (QED) is 0.354. The molecule has 4 aromatic rings. The van der Waals surface area contributed by atoms with E-state index < -0.39 is 0 Å². The van der Waals surface area contributed by atoms with Gasteiger partial charge in [0.15, 0.2) is 0 Å². The predicted molar refractivity (Wildman–Crippen MR) is 128 cm³/mol. The second-order valence-corrected chi connectivity index (χ2v) is 8.15. The first-order valence-electron chi connectivity index (χ1n) is 10.5. The summed E-state index contributed by atoms with van der Waals surface area (Å²) < 4.78 is 14.9. The Kier molecular flexibility index (Phi) is 7.00. The third-order valence-electron chi connectivity index (χ3n) is 5.22. The Morgan fingerprint density at radius 1 is 1.03 bits per heavy atom. The second kappa shape index (κ2) is 10.3. The average Bonchev–Trinajstić information content (AvgIpc) is 3.26. The number of nitrogens with zero attached hydrogens (tertiary/aromatic N) is 3. The molecule has 0 unspecified atom stereocenters. The van der Waals surface area contributed by atoms with Crippen LogP contribution >= 0.6 is 11.6 Å². The van der Waals surface area contributed by atoms with Crippen LogP contribution in [0.25, 0.3) is 11.1 Å². The van der Waals surface area contributed by atoms with Crippen LogP contribution in [0.1, 0.15) is 17.7 Å². The van der Waals surface area contributed by atoms with Gasteiger partial charge in [0.05, 0.1) is 17.1 Å². The van der Waals surface area contributed by atoms with E-state index in [-0.39, 0.29) is 18.1 Å².